The van der Waals surface area contributed by atoms with Crippen molar-refractivity contribution in [1.82, 2.24) is 9.80 Å². The standard InChI is InChI=1S/C37H42N2O7/c1-36(2,3)46-35(42)39-34(41)44-25-37(39)31-19-29(20-32(40)45-31)33(37)30(24-43-23-28-17-11-6-12-18-28)38(21-26-13-7-4-8-14-26)22-27-15-9-5-10-16-27/h4-18,29-31,33H,19-25H2,1-3H3/t29-,30+,31-,33-,37-/m0/s1. The highest BCUT2D eigenvalue weighted by atomic mass is 16.6. The molecule has 3 fully saturated rings. The topological polar surface area (TPSA) is 94.6 Å². The molecule has 5 atom stereocenters. The maximum Gasteiger partial charge on any atom is 0.420 e. The molecule has 2 amide bonds. The summed E-state index contributed by atoms with van der Waals surface area (Å²) in [4.78, 5) is 43.8. The highest BCUT2D eigenvalue weighted by molar-refractivity contribution is 5.91. The highest BCUT2D eigenvalue weighted by Crippen LogP contribution is 2.55. The van der Waals surface area contributed by atoms with Crippen LogP contribution in [0.5, 0.6) is 0 Å². The Kier molecular flexibility index (Phi) is 9.15. The maximum absolute atomic E-state index is 13.8. The van der Waals surface area contributed by atoms with Crippen molar-refractivity contribution >= 4 is 18.2 Å². The summed E-state index contributed by atoms with van der Waals surface area (Å²) in [7, 11) is 0. The molecule has 242 valence electrons. The van der Waals surface area contributed by atoms with Crippen molar-refractivity contribution < 1.29 is 33.3 Å². The van der Waals surface area contributed by atoms with E-state index in [9.17, 15) is 14.4 Å². The Labute approximate surface area is 270 Å². The monoisotopic (exact) mass is 626 g/mol. The molecule has 9 nitrogen and oxygen atoms in total. The zero-order chi connectivity index (χ0) is 32.3. The van der Waals surface area contributed by atoms with Crippen molar-refractivity contribution in [2.24, 2.45) is 11.8 Å². The Bertz CT molecular complexity index is 1470. The first-order valence-corrected chi connectivity index (χ1v) is 16.0. The molecule has 46 heavy (non-hydrogen) atoms. The Hall–Kier alpha value is -4.21. The van der Waals surface area contributed by atoms with Crippen LogP contribution in [0.2, 0.25) is 0 Å². The van der Waals surface area contributed by atoms with Crippen LogP contribution in [0.3, 0.4) is 0 Å². The van der Waals surface area contributed by atoms with Gasteiger partial charge in [0.25, 0.3) is 0 Å². The molecule has 1 aliphatic carbocycles. The van der Waals surface area contributed by atoms with Crippen molar-refractivity contribution in [2.45, 2.75) is 76.6 Å². The summed E-state index contributed by atoms with van der Waals surface area (Å²) in [5.41, 5.74) is 1.13. The van der Waals surface area contributed by atoms with Gasteiger partial charge in [-0.25, -0.2) is 9.59 Å². The van der Waals surface area contributed by atoms with Crippen molar-refractivity contribution in [3.05, 3.63) is 108 Å². The van der Waals surface area contributed by atoms with Crippen LogP contribution in [0, 0.1) is 11.8 Å². The average Bonchev–Trinajstić information content (AvgIpc) is 3.48. The molecule has 2 saturated heterocycles. The molecule has 0 N–H and O–H groups in total. The van der Waals surface area contributed by atoms with E-state index in [1.165, 1.54) is 0 Å². The second kappa shape index (κ2) is 13.3. The number of benzene rings is 3. The first-order chi connectivity index (χ1) is 22.1. The van der Waals surface area contributed by atoms with Crippen LogP contribution >= 0.6 is 0 Å². The van der Waals surface area contributed by atoms with E-state index in [0.29, 0.717) is 26.1 Å². The van der Waals surface area contributed by atoms with Gasteiger partial charge in [-0.15, -0.1) is 0 Å². The van der Waals surface area contributed by atoms with Crippen LogP contribution < -0.4 is 0 Å². The lowest BCUT2D eigenvalue weighted by atomic mass is 9.75. The van der Waals surface area contributed by atoms with E-state index in [1.54, 1.807) is 20.8 Å². The molecule has 0 unspecified atom stereocenters. The molecule has 0 aromatic heterocycles. The van der Waals surface area contributed by atoms with Crippen molar-refractivity contribution in [2.75, 3.05) is 13.2 Å². The van der Waals surface area contributed by atoms with Gasteiger partial charge in [0.05, 0.1) is 13.2 Å². The molecule has 6 rings (SSSR count). The van der Waals surface area contributed by atoms with Gasteiger partial charge in [-0.3, -0.25) is 9.69 Å². The van der Waals surface area contributed by atoms with E-state index in [-0.39, 0.29) is 37.6 Å². The molecule has 3 aromatic rings. The second-order valence-electron chi connectivity index (χ2n) is 13.5. The van der Waals surface area contributed by atoms with Gasteiger partial charge in [0.1, 0.15) is 23.9 Å². The smallest absolute Gasteiger partial charge is 0.420 e. The second-order valence-corrected chi connectivity index (χ2v) is 13.5. The van der Waals surface area contributed by atoms with Crippen molar-refractivity contribution in [1.29, 1.82) is 0 Å². The molecular weight excluding hydrogens is 584 g/mol. The van der Waals surface area contributed by atoms with Gasteiger partial charge in [0.2, 0.25) is 0 Å². The van der Waals surface area contributed by atoms with Gasteiger partial charge < -0.3 is 18.9 Å². The van der Waals surface area contributed by atoms with Gasteiger partial charge in [0.15, 0.2) is 0 Å². The fourth-order valence-electron chi connectivity index (χ4n) is 7.42. The largest absolute Gasteiger partial charge is 0.460 e. The van der Waals surface area contributed by atoms with Gasteiger partial charge in [-0.2, -0.15) is 4.90 Å². The zero-order valence-corrected chi connectivity index (χ0v) is 26.7. The molecule has 2 bridgehead atoms. The lowest BCUT2D eigenvalue weighted by molar-refractivity contribution is -0.157. The molecule has 0 radical (unpaired) electrons. The van der Waals surface area contributed by atoms with E-state index in [1.807, 2.05) is 66.7 Å². The van der Waals surface area contributed by atoms with Crippen molar-refractivity contribution in [3.8, 4) is 0 Å². The number of nitrogens with zero attached hydrogens (tertiary/aromatic N) is 2. The maximum atomic E-state index is 13.8. The minimum atomic E-state index is -1.26. The number of amides is 2. The summed E-state index contributed by atoms with van der Waals surface area (Å²) < 4.78 is 23.9. The Morgan fingerprint density at radius 3 is 2.04 bits per heavy atom. The Morgan fingerprint density at radius 1 is 0.913 bits per heavy atom. The van der Waals surface area contributed by atoms with Gasteiger partial charge in [-0.1, -0.05) is 91.0 Å². The van der Waals surface area contributed by atoms with Gasteiger partial charge in [0, 0.05) is 31.5 Å². The number of hydrogen-bond acceptors (Lipinski definition) is 8. The minimum Gasteiger partial charge on any atom is -0.460 e. The lowest BCUT2D eigenvalue weighted by Gasteiger charge is -2.45. The number of esters is 1. The van der Waals surface area contributed by atoms with E-state index in [0.717, 1.165) is 21.6 Å². The van der Waals surface area contributed by atoms with Gasteiger partial charge >= 0.3 is 18.2 Å². The van der Waals surface area contributed by atoms with E-state index in [2.05, 4.69) is 29.2 Å². The molecule has 1 spiro atoms. The SMILES string of the molecule is CC(C)(C)OC(=O)N1C(=O)OC[C@]12[C@H]([C@@H](COCc1ccccc1)N(Cc1ccccc1)Cc1ccccc1)[C@@H]1CC(=O)O[C@H]2C1. The summed E-state index contributed by atoms with van der Waals surface area (Å²) in [6.07, 6.45) is -1.63. The van der Waals surface area contributed by atoms with Crippen molar-refractivity contribution in [3.63, 3.8) is 0 Å². The van der Waals surface area contributed by atoms with Gasteiger partial charge in [-0.05, 0) is 49.8 Å². The third kappa shape index (κ3) is 6.66. The number of cyclic esters (lactones) is 1. The number of imide groups is 1. The van der Waals surface area contributed by atoms with Crippen LogP contribution in [0.15, 0.2) is 91.0 Å². The van der Waals surface area contributed by atoms with Crippen LogP contribution in [-0.4, -0.2) is 64.5 Å². The molecule has 9 heteroatoms. The predicted molar refractivity (Wildman–Crippen MR) is 170 cm³/mol. The number of carbonyl (C=O) groups is 3. The zero-order valence-electron chi connectivity index (χ0n) is 26.7. The molecular formula is C37H42N2O7. The van der Waals surface area contributed by atoms with Crippen LogP contribution in [0.25, 0.3) is 0 Å². The quantitative estimate of drug-likeness (QED) is 0.190. The highest BCUT2D eigenvalue weighted by Gasteiger charge is 2.71. The number of rotatable bonds is 10. The Balaban J connectivity index is 1.45. The first kappa shape index (κ1) is 31.8. The molecule has 2 heterocycles. The Morgan fingerprint density at radius 2 is 1.48 bits per heavy atom. The number of ether oxygens (including phenoxy) is 4. The predicted octanol–water partition coefficient (Wildman–Crippen LogP) is 6.35. The van der Waals surface area contributed by atoms with Crippen LogP contribution in [0.1, 0.15) is 50.3 Å². The minimum absolute atomic E-state index is 0.0934. The number of fused-ring (bicyclic) bond motifs is 3. The summed E-state index contributed by atoms with van der Waals surface area (Å²) in [5.74, 6) is -0.926. The van der Waals surface area contributed by atoms with Crippen LogP contribution in [0.4, 0.5) is 9.59 Å². The molecule has 3 aliphatic rings. The lowest BCUT2D eigenvalue weighted by Crippen LogP contribution is -2.64. The fourth-order valence-corrected chi connectivity index (χ4v) is 7.42. The van der Waals surface area contributed by atoms with E-state index < -0.39 is 35.3 Å². The normalized spacial score (nSPS) is 24.6. The van der Waals surface area contributed by atoms with E-state index >= 15 is 0 Å². The summed E-state index contributed by atoms with van der Waals surface area (Å²) in [5, 5.41) is 0. The third-order valence-corrected chi connectivity index (χ3v) is 9.20. The molecule has 1 saturated carbocycles. The summed E-state index contributed by atoms with van der Waals surface area (Å²) >= 11 is 0. The third-order valence-electron chi connectivity index (χ3n) is 9.20. The average molecular weight is 627 g/mol. The molecule has 3 aromatic carbocycles. The first-order valence-electron chi connectivity index (χ1n) is 16.0. The molecule has 2 aliphatic heterocycles. The number of hydrogen-bond donors (Lipinski definition) is 0. The number of carbonyl (C=O) groups excluding carboxylic acids is 3. The van der Waals surface area contributed by atoms with Crippen LogP contribution in [-0.2, 0) is 43.4 Å². The summed E-state index contributed by atoms with van der Waals surface area (Å²) in [6, 6.07) is 30.0. The summed E-state index contributed by atoms with van der Waals surface area (Å²) in [6.45, 7) is 7.00. The fraction of sp³-hybridized carbons (Fsp3) is 0.432. The van der Waals surface area contributed by atoms with E-state index in [4.69, 9.17) is 18.9 Å².